The van der Waals surface area contributed by atoms with Gasteiger partial charge >= 0.3 is 5.69 Å². The molecular weight excluding hydrogens is 397 g/mol. The lowest BCUT2D eigenvalue weighted by Gasteiger charge is -2.28. The summed E-state index contributed by atoms with van der Waals surface area (Å²) >= 11 is 0. The van der Waals surface area contributed by atoms with E-state index in [0.717, 1.165) is 0 Å². The van der Waals surface area contributed by atoms with Gasteiger partial charge in [-0.15, -0.1) is 0 Å². The van der Waals surface area contributed by atoms with Gasteiger partial charge in [0, 0.05) is 31.3 Å². The molecule has 0 bridgehead atoms. The average molecular weight is 419 g/mol. The number of nitro benzene ring substituents is 1. The van der Waals surface area contributed by atoms with Crippen molar-refractivity contribution in [3.8, 4) is 11.5 Å². The first-order valence-electron chi connectivity index (χ1n) is 8.98. The summed E-state index contributed by atoms with van der Waals surface area (Å²) in [6, 6.07) is 8.88. The fraction of sp³-hybridized carbons (Fsp3) is 0.300. The number of amides is 2. The van der Waals surface area contributed by atoms with Crippen LogP contribution in [0, 0.1) is 15.9 Å². The van der Waals surface area contributed by atoms with E-state index in [9.17, 15) is 24.1 Å². The Morgan fingerprint density at radius 1 is 1.27 bits per heavy atom. The van der Waals surface area contributed by atoms with Crippen molar-refractivity contribution in [2.24, 2.45) is 0 Å². The van der Waals surface area contributed by atoms with Crippen LogP contribution in [0.1, 0.15) is 12.5 Å². The van der Waals surface area contributed by atoms with Crippen molar-refractivity contribution < 1.29 is 28.4 Å². The van der Waals surface area contributed by atoms with Crippen LogP contribution in [0.2, 0.25) is 0 Å². The van der Waals surface area contributed by atoms with Crippen molar-refractivity contribution in [1.82, 2.24) is 10.2 Å². The van der Waals surface area contributed by atoms with Gasteiger partial charge in [-0.1, -0.05) is 18.2 Å². The molecule has 0 heterocycles. The lowest BCUT2D eigenvalue weighted by atomic mass is 10.1. The van der Waals surface area contributed by atoms with E-state index in [-0.39, 0.29) is 29.3 Å². The summed E-state index contributed by atoms with van der Waals surface area (Å²) in [6.07, 6.45) is 0. The summed E-state index contributed by atoms with van der Waals surface area (Å²) in [7, 11) is 2.71. The van der Waals surface area contributed by atoms with Crippen molar-refractivity contribution in [2.45, 2.75) is 19.5 Å². The Morgan fingerprint density at radius 2 is 1.97 bits per heavy atom. The summed E-state index contributed by atoms with van der Waals surface area (Å²) in [4.78, 5) is 36.4. The number of nitrogens with one attached hydrogen (secondary N) is 1. The number of halogens is 1. The molecule has 0 aliphatic rings. The zero-order valence-corrected chi connectivity index (χ0v) is 16.8. The topological polar surface area (TPSA) is 111 Å². The molecule has 0 aliphatic carbocycles. The van der Waals surface area contributed by atoms with E-state index in [1.165, 1.54) is 62.4 Å². The number of carbonyl (C=O) groups excluding carboxylic acids is 2. The average Bonchev–Trinajstić information content (AvgIpc) is 2.75. The fourth-order valence-electron chi connectivity index (χ4n) is 2.73. The van der Waals surface area contributed by atoms with E-state index < -0.39 is 35.2 Å². The minimum absolute atomic E-state index is 0.0214. The minimum Gasteiger partial charge on any atom is -0.490 e. The van der Waals surface area contributed by atoms with Crippen molar-refractivity contribution in [3.05, 3.63) is 64.0 Å². The third-order valence-electron chi connectivity index (χ3n) is 4.42. The number of carbonyl (C=O) groups is 2. The number of benzene rings is 2. The van der Waals surface area contributed by atoms with E-state index in [0.29, 0.717) is 0 Å². The second-order valence-corrected chi connectivity index (χ2v) is 6.28. The molecule has 0 aromatic heterocycles. The predicted octanol–water partition coefficient (Wildman–Crippen LogP) is 2.28. The van der Waals surface area contributed by atoms with Crippen LogP contribution in [0.4, 0.5) is 10.1 Å². The lowest BCUT2D eigenvalue weighted by molar-refractivity contribution is -0.385. The van der Waals surface area contributed by atoms with Gasteiger partial charge in [0.2, 0.25) is 11.7 Å². The van der Waals surface area contributed by atoms with Crippen molar-refractivity contribution in [1.29, 1.82) is 0 Å². The van der Waals surface area contributed by atoms with Crippen molar-refractivity contribution in [2.75, 3.05) is 20.8 Å². The Labute approximate surface area is 172 Å². The molecule has 0 spiro atoms. The fourth-order valence-corrected chi connectivity index (χ4v) is 2.73. The maximum absolute atomic E-state index is 14.1. The molecule has 1 N–H and O–H groups in total. The van der Waals surface area contributed by atoms with E-state index in [1.54, 1.807) is 6.07 Å². The van der Waals surface area contributed by atoms with Gasteiger partial charge in [0.1, 0.15) is 17.6 Å². The molecule has 2 aromatic rings. The Balaban J connectivity index is 2.19. The molecule has 0 radical (unpaired) electrons. The van der Waals surface area contributed by atoms with Gasteiger partial charge in [0.15, 0.2) is 6.61 Å². The van der Waals surface area contributed by atoms with Crippen LogP contribution in [-0.4, -0.2) is 48.4 Å². The first kappa shape index (κ1) is 22.6. The number of nitrogens with zero attached hydrogens (tertiary/aromatic N) is 2. The van der Waals surface area contributed by atoms with E-state index in [4.69, 9.17) is 9.47 Å². The Kier molecular flexibility index (Phi) is 7.68. The van der Waals surface area contributed by atoms with Gasteiger partial charge in [-0.3, -0.25) is 19.7 Å². The second-order valence-electron chi connectivity index (χ2n) is 6.28. The van der Waals surface area contributed by atoms with Gasteiger partial charge in [0.25, 0.3) is 5.91 Å². The summed E-state index contributed by atoms with van der Waals surface area (Å²) in [6.45, 7) is 0.927. The summed E-state index contributed by atoms with van der Waals surface area (Å²) < 4.78 is 24.5. The molecule has 2 rings (SSSR count). The third kappa shape index (κ3) is 5.43. The number of likely N-dealkylation sites (N-methyl/N-ethyl adjacent to an activating group) is 1. The quantitative estimate of drug-likeness (QED) is 0.493. The van der Waals surface area contributed by atoms with Gasteiger partial charge in [0.05, 0.1) is 12.0 Å². The van der Waals surface area contributed by atoms with Crippen LogP contribution in [0.5, 0.6) is 11.5 Å². The molecule has 1 unspecified atom stereocenters. The van der Waals surface area contributed by atoms with Crippen molar-refractivity contribution in [3.63, 3.8) is 0 Å². The first-order chi connectivity index (χ1) is 14.3. The number of rotatable bonds is 9. The van der Waals surface area contributed by atoms with Crippen LogP contribution < -0.4 is 14.8 Å². The maximum atomic E-state index is 14.1. The van der Waals surface area contributed by atoms with Crippen LogP contribution in [-0.2, 0) is 16.1 Å². The molecule has 0 saturated heterocycles. The van der Waals surface area contributed by atoms with Crippen LogP contribution in [0.15, 0.2) is 42.5 Å². The second kappa shape index (κ2) is 10.2. The van der Waals surface area contributed by atoms with Crippen LogP contribution in [0.25, 0.3) is 0 Å². The molecule has 1 atom stereocenters. The number of ether oxygens (including phenoxy) is 2. The molecule has 0 fully saturated rings. The van der Waals surface area contributed by atoms with Crippen LogP contribution >= 0.6 is 0 Å². The van der Waals surface area contributed by atoms with E-state index in [1.807, 2.05) is 0 Å². The monoisotopic (exact) mass is 419 g/mol. The Hall–Kier alpha value is -3.69. The smallest absolute Gasteiger partial charge is 0.311 e. The summed E-state index contributed by atoms with van der Waals surface area (Å²) in [5.74, 6) is -1.33. The predicted molar refractivity (Wildman–Crippen MR) is 106 cm³/mol. The molecule has 0 saturated carbocycles. The molecule has 160 valence electrons. The summed E-state index contributed by atoms with van der Waals surface area (Å²) in [5.41, 5.74) is 0.00389. The zero-order chi connectivity index (χ0) is 22.3. The third-order valence-corrected chi connectivity index (χ3v) is 4.42. The highest BCUT2D eigenvalue weighted by Gasteiger charge is 2.27. The highest BCUT2D eigenvalue weighted by atomic mass is 19.1. The molecule has 2 aromatic carbocycles. The highest BCUT2D eigenvalue weighted by molar-refractivity contribution is 5.87. The Bertz CT molecular complexity index is 937. The number of nitro groups is 1. The summed E-state index contributed by atoms with van der Waals surface area (Å²) in [5, 5.41) is 13.4. The number of methoxy groups -OCH3 is 1. The molecule has 2 amide bonds. The first-order valence-corrected chi connectivity index (χ1v) is 8.98. The lowest BCUT2D eigenvalue weighted by Crippen LogP contribution is -2.48. The highest BCUT2D eigenvalue weighted by Crippen LogP contribution is 2.30. The SMILES string of the molecule is CNC(=O)C(C)N(Cc1ccccc1F)C(=O)COc1ccc([N+](=O)[O-])c(OC)c1. The van der Waals surface area contributed by atoms with Gasteiger partial charge < -0.3 is 19.7 Å². The zero-order valence-electron chi connectivity index (χ0n) is 16.8. The van der Waals surface area contributed by atoms with Gasteiger partial charge in [-0.05, 0) is 19.1 Å². The largest absolute Gasteiger partial charge is 0.490 e. The van der Waals surface area contributed by atoms with Gasteiger partial charge in [-0.25, -0.2) is 4.39 Å². The van der Waals surface area contributed by atoms with Crippen LogP contribution in [0.3, 0.4) is 0 Å². The molecule has 0 aliphatic heterocycles. The standard InChI is InChI=1S/C20H22FN3O6/c1-13(20(26)22-2)23(11-14-6-4-5-7-16(14)21)19(25)12-30-15-8-9-17(24(27)28)18(10-15)29-3/h4-10,13H,11-12H2,1-3H3,(H,22,26). The maximum Gasteiger partial charge on any atom is 0.311 e. The van der Waals surface area contributed by atoms with E-state index in [2.05, 4.69) is 5.32 Å². The number of hydrogen-bond acceptors (Lipinski definition) is 6. The van der Waals surface area contributed by atoms with Crippen molar-refractivity contribution >= 4 is 17.5 Å². The van der Waals surface area contributed by atoms with Gasteiger partial charge in [-0.2, -0.15) is 0 Å². The molecule has 10 heteroatoms. The normalized spacial score (nSPS) is 11.3. The Morgan fingerprint density at radius 3 is 2.57 bits per heavy atom. The molecular formula is C20H22FN3O6. The number of hydrogen-bond donors (Lipinski definition) is 1. The molecule has 9 nitrogen and oxygen atoms in total. The van der Waals surface area contributed by atoms with E-state index >= 15 is 0 Å². The minimum atomic E-state index is -0.878. The molecule has 30 heavy (non-hydrogen) atoms.